The van der Waals surface area contributed by atoms with Crippen LogP contribution >= 0.6 is 0 Å². The van der Waals surface area contributed by atoms with Crippen molar-refractivity contribution >= 4 is 5.91 Å². The highest BCUT2D eigenvalue weighted by Gasteiger charge is 2.13. The molecule has 0 bridgehead atoms. The number of unbranched alkanes of at least 4 members (excludes halogenated alkanes) is 16. The van der Waals surface area contributed by atoms with Crippen LogP contribution in [0.2, 0.25) is 0 Å². The zero-order valence-corrected chi connectivity index (χ0v) is 18.9. The Morgan fingerprint density at radius 3 is 1.33 bits per heavy atom. The Bertz CT molecular complexity index is 320. The summed E-state index contributed by atoms with van der Waals surface area (Å²) in [7, 11) is 1.82. The van der Waals surface area contributed by atoms with Crippen LogP contribution in [0, 0.1) is 0 Å². The Balaban J connectivity index is 3.20. The molecule has 3 heteroatoms. The van der Waals surface area contributed by atoms with E-state index in [-0.39, 0.29) is 12.1 Å². The molecular weight excluding hydrogens is 332 g/mol. The van der Waals surface area contributed by atoms with Crippen LogP contribution in [-0.4, -0.2) is 24.0 Å². The van der Waals surface area contributed by atoms with E-state index in [2.05, 4.69) is 6.92 Å². The first-order valence-electron chi connectivity index (χ1n) is 12.1. The molecule has 0 aromatic rings. The Hall–Kier alpha value is -0.570. The molecule has 162 valence electrons. The zero-order valence-electron chi connectivity index (χ0n) is 18.9. The zero-order chi connectivity index (χ0) is 20.2. The van der Waals surface area contributed by atoms with Crippen LogP contribution in [0.25, 0.3) is 0 Å². The first kappa shape index (κ1) is 26.4. The minimum Gasteiger partial charge on any atom is -0.330 e. The quantitative estimate of drug-likeness (QED) is 0.179. The van der Waals surface area contributed by atoms with Gasteiger partial charge in [0.1, 0.15) is 0 Å². The predicted octanol–water partition coefficient (Wildman–Crippen LogP) is 7.18. The Kier molecular flexibility index (Phi) is 19.7. The smallest absolute Gasteiger partial charge is 0.223 e. The van der Waals surface area contributed by atoms with Gasteiger partial charge in [0.25, 0.3) is 0 Å². The van der Waals surface area contributed by atoms with Crippen LogP contribution in [0.4, 0.5) is 0 Å². The van der Waals surface area contributed by atoms with Crippen molar-refractivity contribution in [1.29, 1.82) is 0 Å². The molecule has 0 radical (unpaired) electrons. The SMILES string of the molecule is CCCCCCCCCCCCCCCCCCCC(=O)N(C)C(N)CC. The van der Waals surface area contributed by atoms with E-state index < -0.39 is 0 Å². The van der Waals surface area contributed by atoms with Crippen molar-refractivity contribution in [2.75, 3.05) is 7.05 Å². The topological polar surface area (TPSA) is 46.3 Å². The molecule has 1 unspecified atom stereocenters. The maximum absolute atomic E-state index is 11.9. The summed E-state index contributed by atoms with van der Waals surface area (Å²) in [6.07, 6.45) is 24.6. The Morgan fingerprint density at radius 2 is 1.00 bits per heavy atom. The molecule has 0 aliphatic rings. The average molecular weight is 383 g/mol. The first-order valence-corrected chi connectivity index (χ1v) is 12.1. The standard InChI is InChI=1S/C24H50N2O/c1-4-6-7-8-9-10-11-12-13-14-15-16-17-18-19-20-21-22-24(27)26(3)23(25)5-2/h23H,4-22,25H2,1-3H3. The van der Waals surface area contributed by atoms with Gasteiger partial charge in [-0.3, -0.25) is 4.79 Å². The molecule has 0 rings (SSSR count). The van der Waals surface area contributed by atoms with E-state index in [1.54, 1.807) is 4.90 Å². The molecule has 0 saturated carbocycles. The van der Waals surface area contributed by atoms with Crippen molar-refractivity contribution in [3.8, 4) is 0 Å². The number of carbonyl (C=O) groups excluding carboxylic acids is 1. The van der Waals surface area contributed by atoms with E-state index in [9.17, 15) is 4.79 Å². The summed E-state index contributed by atoms with van der Waals surface area (Å²) in [6.45, 7) is 4.30. The summed E-state index contributed by atoms with van der Waals surface area (Å²) < 4.78 is 0. The second-order valence-electron chi connectivity index (χ2n) is 8.39. The van der Waals surface area contributed by atoms with E-state index in [1.807, 2.05) is 14.0 Å². The second kappa shape index (κ2) is 20.2. The highest BCUT2D eigenvalue weighted by molar-refractivity contribution is 5.76. The number of carbonyl (C=O) groups is 1. The van der Waals surface area contributed by atoms with E-state index in [0.29, 0.717) is 6.42 Å². The molecule has 0 heterocycles. The van der Waals surface area contributed by atoms with Crippen LogP contribution in [-0.2, 0) is 4.79 Å². The largest absolute Gasteiger partial charge is 0.330 e. The summed E-state index contributed by atoms with van der Waals surface area (Å²) in [4.78, 5) is 13.7. The van der Waals surface area contributed by atoms with Gasteiger partial charge in [-0.25, -0.2) is 0 Å². The molecule has 0 aliphatic carbocycles. The molecule has 0 aromatic heterocycles. The van der Waals surface area contributed by atoms with Gasteiger partial charge in [-0.05, 0) is 12.8 Å². The van der Waals surface area contributed by atoms with Crippen molar-refractivity contribution in [1.82, 2.24) is 4.90 Å². The third-order valence-corrected chi connectivity index (χ3v) is 5.80. The number of amides is 1. The minimum absolute atomic E-state index is 0.122. The molecule has 2 N–H and O–H groups in total. The average Bonchev–Trinajstić information content (AvgIpc) is 2.68. The molecule has 1 amide bonds. The lowest BCUT2D eigenvalue weighted by Crippen LogP contribution is -2.42. The Morgan fingerprint density at radius 1 is 0.667 bits per heavy atom. The fourth-order valence-corrected chi connectivity index (χ4v) is 3.64. The van der Waals surface area contributed by atoms with Gasteiger partial charge >= 0.3 is 0 Å². The van der Waals surface area contributed by atoms with Crippen LogP contribution in [0.3, 0.4) is 0 Å². The third kappa shape index (κ3) is 17.3. The summed E-state index contributed by atoms with van der Waals surface area (Å²) in [5.41, 5.74) is 5.89. The van der Waals surface area contributed by atoms with Gasteiger partial charge in [-0.2, -0.15) is 0 Å². The van der Waals surface area contributed by atoms with Crippen molar-refractivity contribution in [3.63, 3.8) is 0 Å². The summed E-state index contributed by atoms with van der Waals surface area (Å²) >= 11 is 0. The van der Waals surface area contributed by atoms with E-state index >= 15 is 0 Å². The summed E-state index contributed by atoms with van der Waals surface area (Å²) in [5.74, 6) is 0.199. The number of nitrogens with zero attached hydrogens (tertiary/aromatic N) is 1. The van der Waals surface area contributed by atoms with Gasteiger partial charge < -0.3 is 10.6 Å². The van der Waals surface area contributed by atoms with Crippen molar-refractivity contribution in [2.24, 2.45) is 5.73 Å². The van der Waals surface area contributed by atoms with Gasteiger partial charge in [0.15, 0.2) is 0 Å². The number of hydrogen-bond donors (Lipinski definition) is 1. The van der Waals surface area contributed by atoms with Crippen molar-refractivity contribution < 1.29 is 4.79 Å². The third-order valence-electron chi connectivity index (χ3n) is 5.80. The lowest BCUT2D eigenvalue weighted by molar-refractivity contribution is -0.132. The van der Waals surface area contributed by atoms with E-state index in [4.69, 9.17) is 5.73 Å². The molecule has 0 saturated heterocycles. The monoisotopic (exact) mass is 382 g/mol. The van der Waals surface area contributed by atoms with Crippen molar-refractivity contribution in [2.45, 2.75) is 142 Å². The molecule has 0 aliphatic heterocycles. The molecule has 0 fully saturated rings. The maximum atomic E-state index is 11.9. The fourth-order valence-electron chi connectivity index (χ4n) is 3.64. The first-order chi connectivity index (χ1) is 13.1. The Labute approximate surface area is 170 Å². The number of rotatable bonds is 20. The predicted molar refractivity (Wildman–Crippen MR) is 120 cm³/mol. The van der Waals surface area contributed by atoms with Crippen LogP contribution in [0.1, 0.15) is 136 Å². The fraction of sp³-hybridized carbons (Fsp3) is 0.958. The molecular formula is C24H50N2O. The highest BCUT2D eigenvalue weighted by atomic mass is 16.2. The van der Waals surface area contributed by atoms with Gasteiger partial charge in [0.2, 0.25) is 5.91 Å². The van der Waals surface area contributed by atoms with Gasteiger partial charge in [-0.15, -0.1) is 0 Å². The van der Waals surface area contributed by atoms with Crippen LogP contribution < -0.4 is 5.73 Å². The van der Waals surface area contributed by atoms with E-state index in [1.165, 1.54) is 103 Å². The highest BCUT2D eigenvalue weighted by Crippen LogP contribution is 2.14. The van der Waals surface area contributed by atoms with Crippen molar-refractivity contribution in [3.05, 3.63) is 0 Å². The normalized spacial score (nSPS) is 12.3. The van der Waals surface area contributed by atoms with Gasteiger partial charge in [0, 0.05) is 13.5 Å². The van der Waals surface area contributed by atoms with Gasteiger partial charge in [-0.1, -0.05) is 117 Å². The van der Waals surface area contributed by atoms with E-state index in [0.717, 1.165) is 12.8 Å². The van der Waals surface area contributed by atoms with Crippen LogP contribution in [0.5, 0.6) is 0 Å². The molecule has 1 atom stereocenters. The number of hydrogen-bond acceptors (Lipinski definition) is 2. The minimum atomic E-state index is -0.122. The molecule has 27 heavy (non-hydrogen) atoms. The molecule has 3 nitrogen and oxygen atoms in total. The van der Waals surface area contributed by atoms with Gasteiger partial charge in [0.05, 0.1) is 6.17 Å². The lowest BCUT2D eigenvalue weighted by Gasteiger charge is -2.23. The maximum Gasteiger partial charge on any atom is 0.223 e. The second-order valence-corrected chi connectivity index (χ2v) is 8.39. The number of nitrogens with two attached hydrogens (primary N) is 1. The summed E-state index contributed by atoms with van der Waals surface area (Å²) in [6, 6.07) is 0. The molecule has 0 spiro atoms. The summed E-state index contributed by atoms with van der Waals surface area (Å²) in [5, 5.41) is 0. The molecule has 0 aromatic carbocycles. The lowest BCUT2D eigenvalue weighted by atomic mass is 10.0. The van der Waals surface area contributed by atoms with Crippen LogP contribution in [0.15, 0.2) is 0 Å².